The topological polar surface area (TPSA) is 85.5 Å². The number of rotatable bonds is 7. The summed E-state index contributed by atoms with van der Waals surface area (Å²) in [5.74, 6) is -1.41. The minimum Gasteiger partial charge on any atom is -0.358 e. The zero-order chi connectivity index (χ0) is 23.6. The summed E-state index contributed by atoms with van der Waals surface area (Å²) >= 11 is 5.59. The van der Waals surface area contributed by atoms with E-state index in [2.05, 4.69) is 29.0 Å². The molecule has 0 saturated carbocycles. The molecule has 1 aromatic carbocycles. The summed E-state index contributed by atoms with van der Waals surface area (Å²) in [6.45, 7) is 10.8. The van der Waals surface area contributed by atoms with Crippen molar-refractivity contribution in [2.75, 3.05) is 31.1 Å². The first-order chi connectivity index (χ1) is 15.2. The maximum atomic E-state index is 13.9. The summed E-state index contributed by atoms with van der Waals surface area (Å²) in [4.78, 5) is 43.6. The fourth-order valence-corrected chi connectivity index (χ4v) is 4.11. The number of likely N-dealkylation sites (N-methyl/N-ethyl adjacent to an activating group) is 1. The Morgan fingerprint density at radius 1 is 1.25 bits per heavy atom. The van der Waals surface area contributed by atoms with E-state index in [4.69, 9.17) is 11.6 Å². The lowest BCUT2D eigenvalue weighted by atomic mass is 10.0. The fourth-order valence-electron chi connectivity index (χ4n) is 3.94. The lowest BCUT2D eigenvalue weighted by Crippen LogP contribution is -2.35. The number of aromatic amines is 1. The number of nitrogens with one attached hydrogen (secondary N) is 2. The van der Waals surface area contributed by atoms with E-state index in [1.54, 1.807) is 13.8 Å². The fraction of sp³-hybridized carbons (Fsp3) is 0.348. The lowest BCUT2D eigenvalue weighted by molar-refractivity contribution is -0.112. The van der Waals surface area contributed by atoms with Crippen molar-refractivity contribution >= 4 is 46.1 Å². The van der Waals surface area contributed by atoms with Crippen LogP contribution in [0.2, 0.25) is 0 Å². The van der Waals surface area contributed by atoms with E-state index in [0.717, 1.165) is 30.6 Å². The van der Waals surface area contributed by atoms with Crippen molar-refractivity contribution < 1.29 is 18.8 Å². The number of aromatic nitrogens is 1. The van der Waals surface area contributed by atoms with Gasteiger partial charge in [0.2, 0.25) is 0 Å². The van der Waals surface area contributed by atoms with Crippen molar-refractivity contribution in [3.8, 4) is 0 Å². The van der Waals surface area contributed by atoms with Crippen molar-refractivity contribution in [3.63, 3.8) is 0 Å². The normalized spacial score (nSPS) is 14.4. The third-order valence-corrected chi connectivity index (χ3v) is 5.87. The highest BCUT2D eigenvalue weighted by molar-refractivity contribution is 6.70. The van der Waals surface area contributed by atoms with Crippen LogP contribution in [0.4, 0.5) is 14.9 Å². The standard InChI is InChI=1S/C23H26ClFN4O3/c1-5-28(6-2)10-9-26-21(30)20-13(3)18(27-14(20)4)12-17-16-11-15(25)7-8-19(16)29(22(17)31)23(24)32/h7-8,11-12,27H,5-6,9-10H2,1-4H3,(H,26,30). The van der Waals surface area contributed by atoms with Gasteiger partial charge in [0.1, 0.15) is 5.82 Å². The molecule has 0 radical (unpaired) electrons. The molecule has 2 N–H and O–H groups in total. The molecule has 0 aliphatic carbocycles. The highest BCUT2D eigenvalue weighted by Crippen LogP contribution is 2.39. The quantitative estimate of drug-likeness (QED) is 0.370. The van der Waals surface area contributed by atoms with Gasteiger partial charge in [-0.15, -0.1) is 0 Å². The summed E-state index contributed by atoms with van der Waals surface area (Å²) in [5, 5.41) is 1.96. The van der Waals surface area contributed by atoms with Crippen LogP contribution in [-0.4, -0.2) is 53.2 Å². The van der Waals surface area contributed by atoms with E-state index in [-0.39, 0.29) is 22.7 Å². The van der Waals surface area contributed by atoms with Gasteiger partial charge in [-0.25, -0.2) is 9.29 Å². The summed E-state index contributed by atoms with van der Waals surface area (Å²) < 4.78 is 13.9. The molecule has 2 heterocycles. The zero-order valence-electron chi connectivity index (χ0n) is 18.5. The number of carbonyl (C=O) groups is 3. The summed E-state index contributed by atoms with van der Waals surface area (Å²) in [5.41, 5.74) is 2.91. The largest absolute Gasteiger partial charge is 0.358 e. The van der Waals surface area contributed by atoms with Gasteiger partial charge in [0.25, 0.3) is 11.8 Å². The molecule has 32 heavy (non-hydrogen) atoms. The van der Waals surface area contributed by atoms with Gasteiger partial charge in [-0.3, -0.25) is 14.4 Å². The molecule has 1 aliphatic heterocycles. The molecule has 3 rings (SSSR count). The van der Waals surface area contributed by atoms with Crippen LogP contribution in [-0.2, 0) is 4.79 Å². The Morgan fingerprint density at radius 2 is 1.94 bits per heavy atom. The predicted octanol–water partition coefficient (Wildman–Crippen LogP) is 4.09. The van der Waals surface area contributed by atoms with Crippen LogP contribution in [0.15, 0.2) is 18.2 Å². The molecule has 3 amide bonds. The molecule has 2 aromatic rings. The zero-order valence-corrected chi connectivity index (χ0v) is 19.3. The van der Waals surface area contributed by atoms with Gasteiger partial charge in [0.05, 0.1) is 16.8 Å². The van der Waals surface area contributed by atoms with Gasteiger partial charge in [-0.05, 0) is 68.4 Å². The first kappa shape index (κ1) is 23.7. The van der Waals surface area contributed by atoms with E-state index < -0.39 is 17.1 Å². The third-order valence-electron chi connectivity index (χ3n) is 5.70. The maximum absolute atomic E-state index is 13.9. The lowest BCUT2D eigenvalue weighted by Gasteiger charge is -2.18. The second-order valence-electron chi connectivity index (χ2n) is 7.56. The smallest absolute Gasteiger partial charge is 0.327 e. The number of halogens is 2. The first-order valence-electron chi connectivity index (χ1n) is 10.4. The summed E-state index contributed by atoms with van der Waals surface area (Å²) in [6.07, 6.45) is 1.52. The Bertz CT molecular complexity index is 1100. The summed E-state index contributed by atoms with van der Waals surface area (Å²) in [7, 11) is 0. The van der Waals surface area contributed by atoms with Crippen LogP contribution in [0.5, 0.6) is 0 Å². The van der Waals surface area contributed by atoms with E-state index >= 15 is 0 Å². The van der Waals surface area contributed by atoms with Gasteiger partial charge < -0.3 is 15.2 Å². The SMILES string of the molecule is CCN(CC)CCNC(=O)c1c(C)[nH]c(C=C2C(=O)N(C(=O)Cl)c3ccc(F)cc32)c1C. The van der Waals surface area contributed by atoms with E-state index in [9.17, 15) is 18.8 Å². The molecule has 0 saturated heterocycles. The number of anilines is 1. The van der Waals surface area contributed by atoms with Crippen molar-refractivity contribution in [1.29, 1.82) is 0 Å². The molecule has 1 aromatic heterocycles. The van der Waals surface area contributed by atoms with E-state index in [1.165, 1.54) is 18.2 Å². The molecular formula is C23H26ClFN4O3. The van der Waals surface area contributed by atoms with Crippen LogP contribution >= 0.6 is 11.6 Å². The first-order valence-corrected chi connectivity index (χ1v) is 10.8. The average molecular weight is 461 g/mol. The maximum Gasteiger partial charge on any atom is 0.327 e. The minimum atomic E-state index is -0.973. The number of H-pyrrole nitrogens is 1. The monoisotopic (exact) mass is 460 g/mol. The van der Waals surface area contributed by atoms with Crippen molar-refractivity contribution in [2.24, 2.45) is 0 Å². The Balaban J connectivity index is 1.92. The van der Waals surface area contributed by atoms with Crippen LogP contribution in [0, 0.1) is 19.7 Å². The molecular weight excluding hydrogens is 435 g/mol. The molecule has 7 nitrogen and oxygen atoms in total. The van der Waals surface area contributed by atoms with Crippen LogP contribution < -0.4 is 10.2 Å². The molecule has 0 bridgehead atoms. The number of fused-ring (bicyclic) bond motifs is 1. The number of benzene rings is 1. The molecule has 0 unspecified atom stereocenters. The molecule has 0 fully saturated rings. The van der Waals surface area contributed by atoms with Crippen molar-refractivity contribution in [2.45, 2.75) is 27.7 Å². The average Bonchev–Trinajstić information content (AvgIpc) is 3.18. The van der Waals surface area contributed by atoms with E-state index in [1.807, 2.05) is 0 Å². The summed E-state index contributed by atoms with van der Waals surface area (Å²) in [6, 6.07) is 3.68. The highest BCUT2D eigenvalue weighted by atomic mass is 35.5. The number of hydrogen-bond acceptors (Lipinski definition) is 4. The Morgan fingerprint density at radius 3 is 2.56 bits per heavy atom. The predicted molar refractivity (Wildman–Crippen MR) is 123 cm³/mol. The van der Waals surface area contributed by atoms with Crippen LogP contribution in [0.25, 0.3) is 11.6 Å². The van der Waals surface area contributed by atoms with Crippen LogP contribution in [0.1, 0.15) is 46.7 Å². The number of amides is 3. The third kappa shape index (κ3) is 4.47. The second kappa shape index (κ2) is 9.67. The number of imide groups is 1. The second-order valence-corrected chi connectivity index (χ2v) is 7.88. The number of aryl methyl sites for hydroxylation is 1. The Hall–Kier alpha value is -2.97. The number of carbonyl (C=O) groups excluding carboxylic acids is 3. The molecule has 0 atom stereocenters. The molecule has 0 spiro atoms. The van der Waals surface area contributed by atoms with E-state index in [0.29, 0.717) is 29.1 Å². The molecule has 1 aliphatic rings. The van der Waals surface area contributed by atoms with Crippen molar-refractivity contribution in [1.82, 2.24) is 15.2 Å². The van der Waals surface area contributed by atoms with Gasteiger partial charge in [0, 0.05) is 30.0 Å². The van der Waals surface area contributed by atoms with Crippen molar-refractivity contribution in [3.05, 3.63) is 52.1 Å². The number of nitrogens with zero attached hydrogens (tertiary/aromatic N) is 2. The highest BCUT2D eigenvalue weighted by Gasteiger charge is 2.36. The number of hydrogen-bond donors (Lipinski definition) is 2. The minimum absolute atomic E-state index is 0.117. The Kier molecular flexibility index (Phi) is 7.16. The van der Waals surface area contributed by atoms with Gasteiger partial charge in [0.15, 0.2) is 0 Å². The van der Waals surface area contributed by atoms with Crippen LogP contribution in [0.3, 0.4) is 0 Å². The Labute approximate surface area is 191 Å². The molecule has 170 valence electrons. The van der Waals surface area contributed by atoms with Gasteiger partial charge in [-0.2, -0.15) is 0 Å². The van der Waals surface area contributed by atoms with Gasteiger partial charge in [-0.1, -0.05) is 13.8 Å². The van der Waals surface area contributed by atoms with Gasteiger partial charge >= 0.3 is 5.37 Å². The molecule has 9 heteroatoms.